The average molecular weight is 344 g/mol. The second-order valence-electron chi connectivity index (χ2n) is 6.63. The number of hydrogen-bond acceptors (Lipinski definition) is 3. The van der Waals surface area contributed by atoms with E-state index >= 15 is 0 Å². The predicted molar refractivity (Wildman–Crippen MR) is 95.6 cm³/mol. The van der Waals surface area contributed by atoms with Crippen molar-refractivity contribution in [3.8, 4) is 16.9 Å². The molecule has 4 nitrogen and oxygen atoms in total. The maximum absolute atomic E-state index is 12.4. The molecule has 2 N–H and O–H groups in total. The van der Waals surface area contributed by atoms with Crippen molar-refractivity contribution in [2.45, 2.75) is 26.4 Å². The molecule has 2 aromatic carbocycles. The van der Waals surface area contributed by atoms with Gasteiger partial charge in [-0.2, -0.15) is 0 Å². The van der Waals surface area contributed by atoms with Gasteiger partial charge in [0.15, 0.2) is 0 Å². The van der Waals surface area contributed by atoms with Crippen molar-refractivity contribution in [2.24, 2.45) is 0 Å². The van der Waals surface area contributed by atoms with Crippen molar-refractivity contribution in [3.05, 3.63) is 53.2 Å². The predicted octanol–water partition coefficient (Wildman–Crippen LogP) is 5.15. The molecule has 1 aromatic heterocycles. The van der Waals surface area contributed by atoms with Crippen LogP contribution in [0.1, 0.15) is 31.1 Å². The molecule has 5 heteroatoms. The molecule has 0 saturated carbocycles. The first-order valence-corrected chi connectivity index (χ1v) is 7.96. The Morgan fingerprint density at radius 1 is 1.17 bits per heavy atom. The number of ether oxygens (including phenoxy) is 1. The zero-order chi connectivity index (χ0) is 17.5. The fraction of sp³-hybridized carbons (Fsp3) is 0.211. The molecule has 0 aliphatic carbocycles. The number of aromatic amines is 1. The molecule has 3 rings (SSSR count). The monoisotopic (exact) mass is 343 g/mol. The minimum atomic E-state index is -0.563. The highest BCUT2D eigenvalue weighted by Gasteiger charge is 2.21. The van der Waals surface area contributed by atoms with E-state index in [2.05, 4.69) is 4.98 Å². The molecule has 0 amide bonds. The fourth-order valence-corrected chi connectivity index (χ4v) is 2.78. The van der Waals surface area contributed by atoms with Crippen LogP contribution in [0.5, 0.6) is 5.75 Å². The van der Waals surface area contributed by atoms with Gasteiger partial charge in [0, 0.05) is 22.7 Å². The molecular formula is C19H18ClNO3. The highest BCUT2D eigenvalue weighted by Crippen LogP contribution is 2.34. The van der Waals surface area contributed by atoms with Gasteiger partial charge in [-0.05, 0) is 50.6 Å². The van der Waals surface area contributed by atoms with E-state index in [0.29, 0.717) is 10.6 Å². The number of hydrogen-bond donors (Lipinski definition) is 2. The molecular weight excluding hydrogens is 326 g/mol. The van der Waals surface area contributed by atoms with Gasteiger partial charge in [-0.1, -0.05) is 23.7 Å². The van der Waals surface area contributed by atoms with E-state index in [0.717, 1.165) is 22.0 Å². The van der Waals surface area contributed by atoms with Crippen LogP contribution in [0.2, 0.25) is 5.02 Å². The smallest absolute Gasteiger partial charge is 0.340 e. The third-order valence-corrected chi connectivity index (χ3v) is 3.88. The van der Waals surface area contributed by atoms with Crippen molar-refractivity contribution < 1.29 is 14.6 Å². The minimum absolute atomic E-state index is 0.187. The Balaban J connectivity index is 2.10. The van der Waals surface area contributed by atoms with Crippen LogP contribution >= 0.6 is 11.6 Å². The summed E-state index contributed by atoms with van der Waals surface area (Å²) in [5.74, 6) is -0.195. The van der Waals surface area contributed by atoms with E-state index in [1.807, 2.05) is 26.8 Å². The van der Waals surface area contributed by atoms with Gasteiger partial charge < -0.3 is 14.8 Å². The number of carbonyl (C=O) groups is 1. The van der Waals surface area contributed by atoms with Gasteiger partial charge in [-0.25, -0.2) is 4.79 Å². The van der Waals surface area contributed by atoms with Gasteiger partial charge in [0.1, 0.15) is 11.4 Å². The Morgan fingerprint density at radius 3 is 2.46 bits per heavy atom. The lowest BCUT2D eigenvalue weighted by molar-refractivity contribution is 0.00719. The second-order valence-corrected chi connectivity index (χ2v) is 7.04. The van der Waals surface area contributed by atoms with E-state index in [1.165, 1.54) is 0 Å². The molecule has 1 heterocycles. The van der Waals surface area contributed by atoms with Gasteiger partial charge in [-0.15, -0.1) is 0 Å². The number of carbonyl (C=O) groups excluding carboxylic acids is 1. The van der Waals surface area contributed by atoms with Crippen LogP contribution in [0.15, 0.2) is 42.6 Å². The zero-order valence-electron chi connectivity index (χ0n) is 13.7. The maximum atomic E-state index is 12.4. The SMILES string of the molecule is CC(C)(C)OC(=O)c1c[nH]c2cc(Cl)c(-c3ccc(O)cc3)cc12. The number of nitrogens with one attached hydrogen (secondary N) is 1. The molecule has 0 spiro atoms. The molecule has 0 aliphatic rings. The van der Waals surface area contributed by atoms with Crippen LogP contribution in [0.3, 0.4) is 0 Å². The van der Waals surface area contributed by atoms with Gasteiger partial charge in [0.05, 0.1) is 10.6 Å². The standard InChI is InChI=1S/C19H18ClNO3/c1-19(2,3)24-18(23)15-10-21-17-9-16(20)13(8-14(15)17)11-4-6-12(22)7-5-11/h4-10,21-22H,1-3H3. The number of phenolic OH excluding ortho intramolecular Hbond substituents is 1. The summed E-state index contributed by atoms with van der Waals surface area (Å²) in [7, 11) is 0. The Bertz CT molecular complexity index is 905. The number of aromatic hydroxyl groups is 1. The average Bonchev–Trinajstić information content (AvgIpc) is 2.88. The Morgan fingerprint density at radius 2 is 1.83 bits per heavy atom. The molecule has 0 atom stereocenters. The van der Waals surface area contributed by atoms with Gasteiger partial charge in [0.25, 0.3) is 0 Å². The Labute approximate surface area is 145 Å². The largest absolute Gasteiger partial charge is 0.508 e. The third-order valence-electron chi connectivity index (χ3n) is 3.57. The van der Waals surface area contributed by atoms with Crippen LogP contribution in [0, 0.1) is 0 Å². The number of aromatic nitrogens is 1. The Hall–Kier alpha value is -2.46. The van der Waals surface area contributed by atoms with E-state index in [1.54, 1.807) is 36.5 Å². The van der Waals surface area contributed by atoms with E-state index in [9.17, 15) is 9.90 Å². The summed E-state index contributed by atoms with van der Waals surface area (Å²) in [6, 6.07) is 10.4. The normalized spacial score (nSPS) is 11.7. The lowest BCUT2D eigenvalue weighted by Crippen LogP contribution is -2.23. The number of esters is 1. The van der Waals surface area contributed by atoms with Crippen molar-refractivity contribution in [2.75, 3.05) is 0 Å². The maximum Gasteiger partial charge on any atom is 0.340 e. The lowest BCUT2D eigenvalue weighted by Gasteiger charge is -2.19. The second kappa shape index (κ2) is 5.87. The number of phenols is 1. The van der Waals surface area contributed by atoms with Crippen LogP contribution in [0.25, 0.3) is 22.0 Å². The zero-order valence-corrected chi connectivity index (χ0v) is 14.4. The lowest BCUT2D eigenvalue weighted by atomic mass is 10.0. The summed E-state index contributed by atoms with van der Waals surface area (Å²) in [4.78, 5) is 15.5. The molecule has 124 valence electrons. The number of benzene rings is 2. The van der Waals surface area contributed by atoms with Gasteiger partial charge >= 0.3 is 5.97 Å². The quantitative estimate of drug-likeness (QED) is 0.632. The van der Waals surface area contributed by atoms with E-state index in [4.69, 9.17) is 16.3 Å². The van der Waals surface area contributed by atoms with Crippen LogP contribution in [-0.4, -0.2) is 21.7 Å². The summed E-state index contributed by atoms with van der Waals surface area (Å²) in [6.45, 7) is 5.50. The molecule has 0 unspecified atom stereocenters. The van der Waals surface area contributed by atoms with E-state index in [-0.39, 0.29) is 11.7 Å². The van der Waals surface area contributed by atoms with Crippen LogP contribution < -0.4 is 0 Å². The van der Waals surface area contributed by atoms with Crippen molar-refractivity contribution in [1.82, 2.24) is 4.98 Å². The van der Waals surface area contributed by atoms with Gasteiger partial charge in [-0.3, -0.25) is 0 Å². The summed E-state index contributed by atoms with van der Waals surface area (Å²) in [5.41, 5.74) is 2.32. The minimum Gasteiger partial charge on any atom is -0.508 e. The van der Waals surface area contributed by atoms with Crippen LogP contribution in [0.4, 0.5) is 0 Å². The highest BCUT2D eigenvalue weighted by molar-refractivity contribution is 6.34. The number of rotatable bonds is 2. The first-order valence-electron chi connectivity index (χ1n) is 7.58. The number of fused-ring (bicyclic) bond motifs is 1. The van der Waals surface area contributed by atoms with Crippen molar-refractivity contribution in [3.63, 3.8) is 0 Å². The number of H-pyrrole nitrogens is 1. The summed E-state index contributed by atoms with van der Waals surface area (Å²) in [6.07, 6.45) is 1.63. The summed E-state index contributed by atoms with van der Waals surface area (Å²) < 4.78 is 5.46. The molecule has 0 aliphatic heterocycles. The first-order chi connectivity index (χ1) is 11.2. The molecule has 3 aromatic rings. The summed E-state index contributed by atoms with van der Waals surface area (Å²) >= 11 is 6.37. The van der Waals surface area contributed by atoms with Crippen molar-refractivity contribution in [1.29, 1.82) is 0 Å². The van der Waals surface area contributed by atoms with E-state index < -0.39 is 5.60 Å². The molecule has 0 bridgehead atoms. The molecule has 0 fully saturated rings. The summed E-state index contributed by atoms with van der Waals surface area (Å²) in [5, 5.41) is 10.7. The first kappa shape index (κ1) is 16.4. The Kier molecular flexibility index (Phi) is 4.01. The third kappa shape index (κ3) is 3.24. The van der Waals surface area contributed by atoms with Crippen LogP contribution in [-0.2, 0) is 4.74 Å². The highest BCUT2D eigenvalue weighted by atomic mass is 35.5. The van der Waals surface area contributed by atoms with Gasteiger partial charge in [0.2, 0.25) is 0 Å². The number of halogens is 1. The fourth-order valence-electron chi connectivity index (χ4n) is 2.51. The molecule has 0 saturated heterocycles. The molecule has 0 radical (unpaired) electrons. The van der Waals surface area contributed by atoms with Crippen molar-refractivity contribution >= 4 is 28.5 Å². The molecule has 24 heavy (non-hydrogen) atoms. The topological polar surface area (TPSA) is 62.3 Å².